The van der Waals surface area contributed by atoms with Crippen LogP contribution in [0.5, 0.6) is 0 Å². The van der Waals surface area contributed by atoms with Gasteiger partial charge in [-0.25, -0.2) is 22.0 Å². The van der Waals surface area contributed by atoms with Crippen molar-refractivity contribution in [3.05, 3.63) is 181 Å². The molecule has 1 aliphatic rings. The topological polar surface area (TPSA) is 67.6 Å². The van der Waals surface area contributed by atoms with Gasteiger partial charge in [-0.15, -0.1) is 22.7 Å². The molecule has 284 valence electrons. The normalized spacial score (nSPS) is 12.9. The summed E-state index contributed by atoms with van der Waals surface area (Å²) in [6, 6.07) is 44.4. The number of fused-ring (bicyclic) bond motifs is 1. The number of anilines is 4. The Bertz CT molecular complexity index is 2880. The number of nitrogens with zero attached hydrogens (tertiary/aromatic N) is 3. The minimum atomic E-state index is -2.47. The van der Waals surface area contributed by atoms with Gasteiger partial charge in [0.2, 0.25) is 5.82 Å². The van der Waals surface area contributed by atoms with Crippen LogP contribution < -0.4 is 19.5 Å². The number of Topliss-reactive ketones (excluding diaryl/α,β-unsaturated/α-hetero) is 1. The van der Waals surface area contributed by atoms with Gasteiger partial charge in [-0.3, -0.25) is 14.5 Å². The average molecular weight is 814 g/mol. The third-order valence-electron chi connectivity index (χ3n) is 9.66. The molecule has 0 saturated carbocycles. The summed E-state index contributed by atoms with van der Waals surface area (Å²) in [7, 11) is 0. The molecule has 1 aliphatic heterocycles. The predicted octanol–water partition coefficient (Wildman–Crippen LogP) is 10.5. The first-order valence-electron chi connectivity index (χ1n) is 17.6. The first kappa shape index (κ1) is 36.7. The van der Waals surface area contributed by atoms with Crippen molar-refractivity contribution in [3.63, 3.8) is 0 Å². The van der Waals surface area contributed by atoms with Gasteiger partial charge in [0, 0.05) is 54.1 Å². The molecule has 4 heterocycles. The van der Waals surface area contributed by atoms with Gasteiger partial charge in [0.15, 0.2) is 35.7 Å². The maximum absolute atomic E-state index is 14.5. The van der Waals surface area contributed by atoms with Crippen molar-refractivity contribution < 1.29 is 41.2 Å². The molecule has 5 aromatic carbocycles. The lowest BCUT2D eigenvalue weighted by Crippen LogP contribution is -2.37. The molecule has 0 atom stereocenters. The fraction of sp³-hybridized carbons (Fsp3) is 0. The summed E-state index contributed by atoms with van der Waals surface area (Å²) in [6.45, 7) is 0. The van der Waals surface area contributed by atoms with Crippen molar-refractivity contribution in [3.8, 4) is 31.3 Å². The van der Waals surface area contributed by atoms with Crippen LogP contribution in [0.15, 0.2) is 152 Å². The zero-order valence-corrected chi connectivity index (χ0v) is 31.3. The van der Waals surface area contributed by atoms with E-state index in [-0.39, 0.29) is 4.90 Å². The average Bonchev–Trinajstić information content (AvgIpc) is 3.97. The van der Waals surface area contributed by atoms with Crippen molar-refractivity contribution in [1.29, 1.82) is 0 Å². The van der Waals surface area contributed by atoms with Crippen molar-refractivity contribution in [2.75, 3.05) is 9.80 Å². The van der Waals surface area contributed by atoms with Crippen molar-refractivity contribution in [1.82, 2.24) is 0 Å². The van der Waals surface area contributed by atoms with Crippen LogP contribution in [0.3, 0.4) is 0 Å². The highest BCUT2D eigenvalue weighted by Gasteiger charge is 2.45. The molecule has 0 unspecified atom stereocenters. The second kappa shape index (κ2) is 14.5. The number of pyridine rings is 1. The van der Waals surface area contributed by atoms with E-state index in [0.29, 0.717) is 5.56 Å². The Morgan fingerprint density at radius 2 is 1.09 bits per heavy atom. The zero-order chi connectivity index (χ0) is 40.2. The van der Waals surface area contributed by atoms with Gasteiger partial charge in [0.1, 0.15) is 5.69 Å². The minimum Gasteiger partial charge on any atom is -0.855 e. The summed E-state index contributed by atoms with van der Waals surface area (Å²) < 4.78 is 72.5. The number of benzene rings is 5. The number of thiophene rings is 2. The standard InChI is InChI=1S/C45H24F5N3O3S2/c46-36-37(47)39(49)41(40(50)38(36)48)53-44(55)42(43(54)45(53)56)51-21-19-26(20-22-51)32-17-18-33(57-32)35-24-28-12-11-27(23-34(28)58-35)25-13-15-31(16-14-25)52(29-7-3-1-4-8-29)30-9-5-2-6-10-30/h1-24H. The lowest BCUT2D eigenvalue weighted by molar-refractivity contribution is -0.581. The number of hydrogen-bond donors (Lipinski definition) is 0. The van der Waals surface area contributed by atoms with E-state index < -0.39 is 58.0 Å². The first-order valence-corrected chi connectivity index (χ1v) is 19.2. The molecule has 0 aliphatic carbocycles. The largest absolute Gasteiger partial charge is 0.855 e. The Labute approximate surface area is 334 Å². The van der Waals surface area contributed by atoms with E-state index in [1.807, 2.05) is 48.5 Å². The van der Waals surface area contributed by atoms with Crippen molar-refractivity contribution in [2.24, 2.45) is 0 Å². The minimum absolute atomic E-state index is 0.337. The molecule has 0 spiro atoms. The number of carbonyl (C=O) groups excluding carboxylic acids is 2. The smallest absolute Gasteiger partial charge is 0.316 e. The van der Waals surface area contributed by atoms with E-state index in [0.717, 1.165) is 57.5 Å². The zero-order valence-electron chi connectivity index (χ0n) is 29.6. The molecule has 0 saturated heterocycles. The van der Waals surface area contributed by atoms with Crippen LogP contribution in [0.4, 0.5) is 44.7 Å². The summed E-state index contributed by atoms with van der Waals surface area (Å²) in [5.41, 5.74) is 3.35. The highest BCUT2D eigenvalue weighted by atomic mass is 32.1. The van der Waals surface area contributed by atoms with E-state index in [1.54, 1.807) is 23.5 Å². The van der Waals surface area contributed by atoms with Crippen LogP contribution in [0.25, 0.3) is 47.1 Å². The van der Waals surface area contributed by atoms with Crippen LogP contribution in [0.1, 0.15) is 0 Å². The van der Waals surface area contributed by atoms with E-state index in [1.165, 1.54) is 23.7 Å². The van der Waals surface area contributed by atoms with E-state index in [4.69, 9.17) is 0 Å². The van der Waals surface area contributed by atoms with E-state index in [9.17, 15) is 36.6 Å². The van der Waals surface area contributed by atoms with Gasteiger partial charge >= 0.3 is 11.7 Å². The number of aromatic nitrogens is 1. The second-order valence-electron chi connectivity index (χ2n) is 13.1. The number of carbonyl (C=O) groups is 2. The molecule has 0 fully saturated rings. The number of para-hydroxylation sites is 2. The number of hydrogen-bond acceptors (Lipinski definition) is 6. The van der Waals surface area contributed by atoms with E-state index >= 15 is 0 Å². The Kier molecular flexibility index (Phi) is 9.18. The molecule has 9 rings (SSSR count). The predicted molar refractivity (Wildman–Crippen MR) is 213 cm³/mol. The molecular formula is C45H24F5N3O3S2. The molecule has 8 aromatic rings. The molecule has 6 nitrogen and oxygen atoms in total. The Hall–Kier alpha value is -6.96. The van der Waals surface area contributed by atoms with E-state index in [2.05, 4.69) is 77.7 Å². The first-order chi connectivity index (χ1) is 28.1. The molecule has 13 heteroatoms. The maximum Gasteiger partial charge on any atom is 0.316 e. The molecule has 1 amide bonds. The second-order valence-corrected chi connectivity index (χ2v) is 15.3. The summed E-state index contributed by atoms with van der Waals surface area (Å²) in [5, 5.41) is 14.2. The van der Waals surface area contributed by atoms with Crippen LogP contribution in [0.2, 0.25) is 0 Å². The maximum atomic E-state index is 14.5. The van der Waals surface area contributed by atoms with Crippen LogP contribution in [0, 0.1) is 29.1 Å². The monoisotopic (exact) mass is 813 g/mol. The lowest BCUT2D eigenvalue weighted by atomic mass is 10.0. The Balaban J connectivity index is 0.954. The molecule has 0 radical (unpaired) electrons. The van der Waals surface area contributed by atoms with Gasteiger partial charge in [0.25, 0.3) is 5.70 Å². The van der Waals surface area contributed by atoms with Gasteiger partial charge < -0.3 is 10.0 Å². The molecular weight excluding hydrogens is 790 g/mol. The van der Waals surface area contributed by atoms with Crippen LogP contribution in [-0.2, 0) is 9.59 Å². The van der Waals surface area contributed by atoms with Gasteiger partial charge in [0.05, 0.1) is 5.88 Å². The van der Waals surface area contributed by atoms with Gasteiger partial charge in [-0.05, 0) is 77.2 Å². The number of halogens is 5. The third kappa shape index (κ3) is 6.21. The van der Waals surface area contributed by atoms with Crippen molar-refractivity contribution in [2.45, 2.75) is 0 Å². The SMILES string of the molecule is O=C1C(=O)N(c2c(F)c(F)c(F)c(F)c2F)C([O-])=C1[n+]1ccc(-c2ccc(-c3cc4ccc(-c5ccc(N(c6ccccc6)c6ccccc6)cc5)cc4s3)s2)cc1. The summed E-state index contributed by atoms with van der Waals surface area (Å²) in [5.74, 6) is -16.8. The molecule has 0 N–H and O–H groups in total. The molecule has 0 bridgehead atoms. The highest BCUT2D eigenvalue weighted by molar-refractivity contribution is 7.27. The Morgan fingerprint density at radius 3 is 1.71 bits per heavy atom. The fourth-order valence-corrected chi connectivity index (χ4v) is 9.01. The summed E-state index contributed by atoms with van der Waals surface area (Å²) in [4.78, 5) is 30.2. The van der Waals surface area contributed by atoms with Crippen LogP contribution >= 0.6 is 22.7 Å². The number of ketones is 1. The quantitative estimate of drug-likeness (QED) is 0.0504. The Morgan fingerprint density at radius 1 is 0.534 bits per heavy atom. The van der Waals surface area contributed by atoms with Gasteiger partial charge in [-0.1, -0.05) is 60.7 Å². The third-order valence-corrected chi connectivity index (χ3v) is 12.1. The summed E-state index contributed by atoms with van der Waals surface area (Å²) >= 11 is 3.16. The van der Waals surface area contributed by atoms with Gasteiger partial charge in [-0.2, -0.15) is 4.57 Å². The molecule has 3 aromatic heterocycles. The van der Waals surface area contributed by atoms with Crippen LogP contribution in [-0.4, -0.2) is 11.7 Å². The molecule has 58 heavy (non-hydrogen) atoms. The summed E-state index contributed by atoms with van der Waals surface area (Å²) in [6.07, 6.45) is 2.59. The number of amides is 1. The van der Waals surface area contributed by atoms with Crippen molar-refractivity contribution >= 4 is 72.9 Å². The highest BCUT2D eigenvalue weighted by Crippen LogP contribution is 2.42. The lowest BCUT2D eigenvalue weighted by Gasteiger charge is -2.25. The fourth-order valence-electron chi connectivity index (χ4n) is 6.82. The number of rotatable bonds is 8.